The molecule has 0 radical (unpaired) electrons. The third-order valence-electron chi connectivity index (χ3n) is 3.17. The Hall–Kier alpha value is -1.82. The summed E-state index contributed by atoms with van der Waals surface area (Å²) in [5.41, 5.74) is 0.876. The Labute approximate surface area is 154 Å². The predicted octanol–water partition coefficient (Wildman–Crippen LogP) is 3.65. The summed E-state index contributed by atoms with van der Waals surface area (Å²) in [6.07, 6.45) is 1.42. The lowest BCUT2D eigenvalue weighted by molar-refractivity contribution is -0.120. The first-order valence-corrected chi connectivity index (χ1v) is 8.14. The molecular formula is C16H14Cl3N3O2. The van der Waals surface area contributed by atoms with E-state index in [1.165, 1.54) is 12.3 Å². The van der Waals surface area contributed by atoms with Crippen molar-refractivity contribution in [2.75, 3.05) is 6.54 Å². The van der Waals surface area contributed by atoms with Crippen molar-refractivity contribution >= 4 is 46.6 Å². The van der Waals surface area contributed by atoms with Crippen molar-refractivity contribution in [3.8, 4) is 0 Å². The average molecular weight is 387 g/mol. The van der Waals surface area contributed by atoms with Crippen LogP contribution in [-0.4, -0.2) is 23.3 Å². The number of hydrogen-bond donors (Lipinski definition) is 2. The first-order valence-electron chi connectivity index (χ1n) is 7.01. The highest BCUT2D eigenvalue weighted by molar-refractivity contribution is 6.35. The molecule has 0 spiro atoms. The minimum Gasteiger partial charge on any atom is -0.348 e. The predicted molar refractivity (Wildman–Crippen MR) is 94.6 cm³/mol. The van der Waals surface area contributed by atoms with Crippen molar-refractivity contribution in [2.45, 2.75) is 13.0 Å². The zero-order chi connectivity index (χ0) is 17.7. The molecule has 1 atom stereocenters. The van der Waals surface area contributed by atoms with Crippen LogP contribution in [0.2, 0.25) is 15.1 Å². The molecule has 0 aliphatic heterocycles. The number of nitrogens with zero attached hydrogens (tertiary/aromatic N) is 1. The van der Waals surface area contributed by atoms with Crippen LogP contribution in [0, 0.1) is 0 Å². The van der Waals surface area contributed by atoms with Crippen LogP contribution in [0.15, 0.2) is 36.5 Å². The van der Waals surface area contributed by atoms with Crippen molar-refractivity contribution in [1.29, 1.82) is 0 Å². The van der Waals surface area contributed by atoms with Crippen molar-refractivity contribution in [1.82, 2.24) is 15.6 Å². The molecule has 0 saturated carbocycles. The molecule has 0 aliphatic carbocycles. The van der Waals surface area contributed by atoms with Crippen LogP contribution in [0.25, 0.3) is 0 Å². The van der Waals surface area contributed by atoms with E-state index in [1.807, 2.05) is 0 Å². The Morgan fingerprint density at radius 2 is 1.83 bits per heavy atom. The van der Waals surface area contributed by atoms with Crippen molar-refractivity contribution in [2.24, 2.45) is 0 Å². The molecule has 0 saturated heterocycles. The topological polar surface area (TPSA) is 71.1 Å². The van der Waals surface area contributed by atoms with E-state index in [4.69, 9.17) is 34.8 Å². The molecule has 2 aromatic rings. The molecule has 1 aromatic carbocycles. The van der Waals surface area contributed by atoms with Gasteiger partial charge in [-0.25, -0.2) is 0 Å². The minimum absolute atomic E-state index is 0.143. The highest BCUT2D eigenvalue weighted by atomic mass is 35.5. The maximum absolute atomic E-state index is 12.0. The molecule has 2 rings (SSSR count). The fourth-order valence-electron chi connectivity index (χ4n) is 2.00. The molecule has 5 nitrogen and oxygen atoms in total. The van der Waals surface area contributed by atoms with Gasteiger partial charge in [-0.2, -0.15) is 0 Å². The Morgan fingerprint density at radius 1 is 1.12 bits per heavy atom. The third kappa shape index (κ3) is 5.09. The Bertz CT molecular complexity index is 768. The number of nitrogens with one attached hydrogen (secondary N) is 2. The summed E-state index contributed by atoms with van der Waals surface area (Å²) in [6, 6.07) is 7.69. The average Bonchev–Trinajstić information content (AvgIpc) is 2.52. The van der Waals surface area contributed by atoms with Gasteiger partial charge in [-0.15, -0.1) is 0 Å². The van der Waals surface area contributed by atoms with Gasteiger partial charge in [0.2, 0.25) is 5.91 Å². The lowest BCUT2D eigenvalue weighted by atomic mass is 10.1. The summed E-state index contributed by atoms with van der Waals surface area (Å²) in [5, 5.41) is 6.60. The van der Waals surface area contributed by atoms with E-state index in [1.54, 1.807) is 31.2 Å². The van der Waals surface area contributed by atoms with Crippen LogP contribution in [-0.2, 0) is 4.79 Å². The first-order chi connectivity index (χ1) is 11.4. The highest BCUT2D eigenvalue weighted by Crippen LogP contribution is 2.25. The van der Waals surface area contributed by atoms with Gasteiger partial charge in [-0.1, -0.05) is 40.9 Å². The largest absolute Gasteiger partial charge is 0.348 e. The molecule has 1 heterocycles. The summed E-state index contributed by atoms with van der Waals surface area (Å²) in [4.78, 5) is 27.8. The standard InChI is InChI=1S/C16H14Cl3N3O2/c1-9(12-3-2-10(17)6-13(12)19)22-15(23)8-21-16(24)14-7-11(18)4-5-20-14/h2-7,9H,8H2,1H3,(H,21,24)(H,22,23)/t9-/m1/s1. The molecule has 8 heteroatoms. The van der Waals surface area contributed by atoms with E-state index in [9.17, 15) is 9.59 Å². The minimum atomic E-state index is -0.482. The van der Waals surface area contributed by atoms with E-state index in [-0.39, 0.29) is 24.2 Å². The molecule has 2 N–H and O–H groups in total. The first kappa shape index (κ1) is 18.5. The normalized spacial score (nSPS) is 11.7. The monoisotopic (exact) mass is 385 g/mol. The van der Waals surface area contributed by atoms with Crippen LogP contribution in [0.1, 0.15) is 29.0 Å². The third-order valence-corrected chi connectivity index (χ3v) is 3.97. The molecule has 0 fully saturated rings. The second-order valence-electron chi connectivity index (χ2n) is 5.00. The summed E-state index contributed by atoms with van der Waals surface area (Å²) >= 11 is 17.7. The van der Waals surface area contributed by atoms with Crippen molar-refractivity contribution in [3.63, 3.8) is 0 Å². The number of rotatable bonds is 5. The quantitative estimate of drug-likeness (QED) is 0.824. The van der Waals surface area contributed by atoms with Gasteiger partial charge in [-0.3, -0.25) is 14.6 Å². The second-order valence-corrected chi connectivity index (χ2v) is 6.28. The zero-order valence-corrected chi connectivity index (χ0v) is 14.9. The molecule has 24 heavy (non-hydrogen) atoms. The van der Waals surface area contributed by atoms with Crippen molar-refractivity contribution < 1.29 is 9.59 Å². The van der Waals surface area contributed by atoms with Gasteiger partial charge >= 0.3 is 0 Å². The van der Waals surface area contributed by atoms with Gasteiger partial charge in [0.05, 0.1) is 12.6 Å². The van der Waals surface area contributed by atoms with E-state index in [0.717, 1.165) is 5.56 Å². The van der Waals surface area contributed by atoms with Gasteiger partial charge in [0, 0.05) is 21.3 Å². The van der Waals surface area contributed by atoms with E-state index >= 15 is 0 Å². The Kier molecular flexibility index (Phi) is 6.43. The molecule has 0 aliphatic rings. The number of amides is 2. The maximum Gasteiger partial charge on any atom is 0.270 e. The highest BCUT2D eigenvalue weighted by Gasteiger charge is 2.14. The van der Waals surface area contributed by atoms with Gasteiger partial charge in [-0.05, 0) is 36.8 Å². The zero-order valence-electron chi connectivity index (χ0n) is 12.6. The number of hydrogen-bond acceptors (Lipinski definition) is 3. The maximum atomic E-state index is 12.0. The van der Waals surface area contributed by atoms with Gasteiger partial charge in [0.25, 0.3) is 5.91 Å². The Morgan fingerprint density at radius 3 is 2.50 bits per heavy atom. The van der Waals surface area contributed by atoms with Crippen LogP contribution in [0.4, 0.5) is 0 Å². The molecular weight excluding hydrogens is 373 g/mol. The molecule has 1 aromatic heterocycles. The van der Waals surface area contributed by atoms with Crippen molar-refractivity contribution in [3.05, 3.63) is 62.9 Å². The van der Waals surface area contributed by atoms with Crippen LogP contribution >= 0.6 is 34.8 Å². The van der Waals surface area contributed by atoms with Crippen LogP contribution in [0.5, 0.6) is 0 Å². The van der Waals surface area contributed by atoms with E-state index < -0.39 is 5.91 Å². The fourth-order valence-corrected chi connectivity index (χ4v) is 2.73. The SMILES string of the molecule is C[C@@H](NC(=O)CNC(=O)c1cc(Cl)ccn1)c1ccc(Cl)cc1Cl. The van der Waals surface area contributed by atoms with E-state index in [2.05, 4.69) is 15.6 Å². The molecule has 2 amide bonds. The smallest absolute Gasteiger partial charge is 0.270 e. The summed E-state index contributed by atoms with van der Waals surface area (Å²) in [5.74, 6) is -0.839. The number of aromatic nitrogens is 1. The van der Waals surface area contributed by atoms with Crippen LogP contribution < -0.4 is 10.6 Å². The van der Waals surface area contributed by atoms with Gasteiger partial charge < -0.3 is 10.6 Å². The molecule has 0 unspecified atom stereocenters. The summed E-state index contributed by atoms with van der Waals surface area (Å²) < 4.78 is 0. The fraction of sp³-hybridized carbons (Fsp3) is 0.188. The number of carbonyl (C=O) groups excluding carboxylic acids is 2. The lowest BCUT2D eigenvalue weighted by Crippen LogP contribution is -2.38. The summed E-state index contributed by atoms with van der Waals surface area (Å²) in [6.45, 7) is 1.59. The number of halogens is 3. The Balaban J connectivity index is 1.90. The number of benzene rings is 1. The summed E-state index contributed by atoms with van der Waals surface area (Å²) in [7, 11) is 0. The molecule has 126 valence electrons. The molecule has 0 bridgehead atoms. The van der Waals surface area contributed by atoms with Gasteiger partial charge in [0.1, 0.15) is 5.69 Å². The lowest BCUT2D eigenvalue weighted by Gasteiger charge is -2.16. The van der Waals surface area contributed by atoms with Crippen LogP contribution in [0.3, 0.4) is 0 Å². The second kappa shape index (κ2) is 8.33. The van der Waals surface area contributed by atoms with Gasteiger partial charge in [0.15, 0.2) is 0 Å². The number of pyridine rings is 1. The number of carbonyl (C=O) groups is 2. The van der Waals surface area contributed by atoms with E-state index in [0.29, 0.717) is 15.1 Å².